The zero-order valence-electron chi connectivity index (χ0n) is 7.95. The Morgan fingerprint density at radius 2 is 2.31 bits per heavy atom. The van der Waals surface area contributed by atoms with Crippen molar-refractivity contribution in [3.05, 3.63) is 11.4 Å². The maximum absolute atomic E-state index is 5.22. The van der Waals surface area contributed by atoms with E-state index in [0.29, 0.717) is 13.1 Å². The Balaban J connectivity index is 2.57. The van der Waals surface area contributed by atoms with Gasteiger partial charge < -0.3 is 0 Å². The van der Waals surface area contributed by atoms with Crippen molar-refractivity contribution in [3.8, 4) is 12.3 Å². The third kappa shape index (κ3) is 2.56. The minimum Gasteiger partial charge on any atom is -0.287 e. The molecule has 0 N–H and O–H groups in total. The topological polar surface area (TPSA) is 42.2 Å². The lowest BCUT2D eigenvalue weighted by atomic mass is 10.3. The molecular formula is C9H13N3O. The van der Waals surface area contributed by atoms with Gasteiger partial charge in [0.25, 0.3) is 0 Å². The van der Waals surface area contributed by atoms with Gasteiger partial charge >= 0.3 is 0 Å². The van der Waals surface area contributed by atoms with E-state index in [-0.39, 0.29) is 0 Å². The van der Waals surface area contributed by atoms with E-state index in [4.69, 9.17) is 6.42 Å². The predicted molar refractivity (Wildman–Crippen MR) is 48.8 cm³/mol. The molecule has 0 atom stereocenters. The van der Waals surface area contributed by atoms with E-state index in [1.165, 1.54) is 0 Å². The van der Waals surface area contributed by atoms with Gasteiger partial charge in [-0.05, 0) is 13.5 Å². The van der Waals surface area contributed by atoms with Crippen LogP contribution in [0.3, 0.4) is 0 Å². The Bertz CT molecular complexity index is 300. The number of hydrogen-bond donors (Lipinski definition) is 0. The molecule has 0 unspecified atom stereocenters. The maximum Gasteiger partial charge on any atom is 0.122 e. The second-order valence-corrected chi connectivity index (χ2v) is 2.80. The molecule has 1 aromatic rings. The molecule has 0 bridgehead atoms. The zero-order chi connectivity index (χ0) is 9.68. The largest absolute Gasteiger partial charge is 0.287 e. The van der Waals surface area contributed by atoms with Gasteiger partial charge in [0.1, 0.15) is 11.4 Å². The average molecular weight is 179 g/mol. The van der Waals surface area contributed by atoms with Crippen LogP contribution < -0.4 is 0 Å². The lowest BCUT2D eigenvalue weighted by molar-refractivity contribution is 0.278. The molecule has 0 saturated carbocycles. The van der Waals surface area contributed by atoms with Crippen LogP contribution in [0.2, 0.25) is 0 Å². The molecule has 0 fully saturated rings. The first-order valence-corrected chi connectivity index (χ1v) is 4.21. The Kier molecular flexibility index (Phi) is 3.47. The van der Waals surface area contributed by atoms with Crippen molar-refractivity contribution in [3.63, 3.8) is 0 Å². The molecule has 0 saturated heterocycles. The Morgan fingerprint density at radius 1 is 1.54 bits per heavy atom. The summed E-state index contributed by atoms with van der Waals surface area (Å²) in [5, 5.41) is 7.49. The number of aryl methyl sites for hydroxylation is 1. The molecule has 0 spiro atoms. The second-order valence-electron chi connectivity index (χ2n) is 2.80. The monoisotopic (exact) mass is 179 g/mol. The van der Waals surface area contributed by atoms with Crippen LogP contribution in [0.25, 0.3) is 0 Å². The average Bonchev–Trinajstić information content (AvgIpc) is 2.51. The lowest BCUT2D eigenvalue weighted by Crippen LogP contribution is -2.23. The van der Waals surface area contributed by atoms with Gasteiger partial charge in [-0.25, -0.2) is 4.63 Å². The normalized spacial score (nSPS) is 10.3. The van der Waals surface area contributed by atoms with Crippen molar-refractivity contribution in [2.24, 2.45) is 0 Å². The molecule has 1 rings (SSSR count). The summed E-state index contributed by atoms with van der Waals surface area (Å²) in [6, 6.07) is 0. The fourth-order valence-corrected chi connectivity index (χ4v) is 1.01. The first-order chi connectivity index (χ1) is 6.27. The van der Waals surface area contributed by atoms with E-state index in [1.54, 1.807) is 0 Å². The molecule has 1 heterocycles. The first kappa shape index (κ1) is 9.75. The predicted octanol–water partition coefficient (Wildman–Crippen LogP) is 0.833. The number of rotatable bonds is 4. The summed E-state index contributed by atoms with van der Waals surface area (Å²) in [6.45, 7) is 6.16. The minimum absolute atomic E-state index is 0.628. The molecule has 13 heavy (non-hydrogen) atoms. The van der Waals surface area contributed by atoms with E-state index in [1.807, 2.05) is 6.92 Å². The minimum atomic E-state index is 0.628. The highest BCUT2D eigenvalue weighted by Crippen LogP contribution is 2.04. The highest BCUT2D eigenvalue weighted by atomic mass is 16.6. The number of terminal acetylenes is 1. The molecule has 0 aliphatic heterocycles. The SMILES string of the molecule is C#CCN(CC)Cc1nonc1C. The van der Waals surface area contributed by atoms with Gasteiger partial charge in [0.05, 0.1) is 6.54 Å². The van der Waals surface area contributed by atoms with E-state index in [9.17, 15) is 0 Å². The summed E-state index contributed by atoms with van der Waals surface area (Å²) in [7, 11) is 0. The molecule has 1 aromatic heterocycles. The van der Waals surface area contributed by atoms with Crippen molar-refractivity contribution in [1.82, 2.24) is 15.2 Å². The Labute approximate surface area is 77.9 Å². The van der Waals surface area contributed by atoms with Crippen molar-refractivity contribution >= 4 is 0 Å². The highest BCUT2D eigenvalue weighted by molar-refractivity contribution is 5.04. The summed E-state index contributed by atoms with van der Waals surface area (Å²) in [5.74, 6) is 2.60. The summed E-state index contributed by atoms with van der Waals surface area (Å²) in [4.78, 5) is 2.09. The Morgan fingerprint density at radius 3 is 2.77 bits per heavy atom. The van der Waals surface area contributed by atoms with Crippen molar-refractivity contribution < 1.29 is 4.63 Å². The summed E-state index contributed by atoms with van der Waals surface area (Å²) < 4.78 is 4.59. The van der Waals surface area contributed by atoms with Gasteiger partial charge in [-0.3, -0.25) is 4.90 Å². The quantitative estimate of drug-likeness (QED) is 0.642. The van der Waals surface area contributed by atoms with Gasteiger partial charge in [-0.2, -0.15) is 0 Å². The van der Waals surface area contributed by atoms with E-state index < -0.39 is 0 Å². The molecule has 0 aliphatic rings. The van der Waals surface area contributed by atoms with Gasteiger partial charge in [-0.1, -0.05) is 23.2 Å². The van der Waals surface area contributed by atoms with E-state index >= 15 is 0 Å². The molecule has 0 aliphatic carbocycles. The number of nitrogens with zero attached hydrogens (tertiary/aromatic N) is 3. The molecular weight excluding hydrogens is 166 g/mol. The van der Waals surface area contributed by atoms with Crippen LogP contribution in [0.4, 0.5) is 0 Å². The number of aromatic nitrogens is 2. The molecule has 4 heteroatoms. The molecule has 70 valence electrons. The van der Waals surface area contributed by atoms with Crippen molar-refractivity contribution in [1.29, 1.82) is 0 Å². The van der Waals surface area contributed by atoms with Gasteiger partial charge in [0.15, 0.2) is 0 Å². The smallest absolute Gasteiger partial charge is 0.122 e. The van der Waals surface area contributed by atoms with Crippen LogP contribution in [0.1, 0.15) is 18.3 Å². The van der Waals surface area contributed by atoms with E-state index in [2.05, 4.69) is 32.7 Å². The fourth-order valence-electron chi connectivity index (χ4n) is 1.01. The standard InChI is InChI=1S/C9H13N3O/c1-4-6-12(5-2)7-9-8(3)10-13-11-9/h1H,5-7H2,2-3H3. The third-order valence-corrected chi connectivity index (χ3v) is 1.88. The zero-order valence-corrected chi connectivity index (χ0v) is 7.95. The molecule has 0 aromatic carbocycles. The van der Waals surface area contributed by atoms with Crippen LogP contribution in [-0.4, -0.2) is 28.3 Å². The second kappa shape index (κ2) is 4.63. The lowest BCUT2D eigenvalue weighted by Gasteiger charge is -2.14. The van der Waals surface area contributed by atoms with Gasteiger partial charge in [0.2, 0.25) is 0 Å². The van der Waals surface area contributed by atoms with Crippen LogP contribution >= 0.6 is 0 Å². The molecule has 0 radical (unpaired) electrons. The highest BCUT2D eigenvalue weighted by Gasteiger charge is 2.08. The molecule has 0 amide bonds. The fraction of sp³-hybridized carbons (Fsp3) is 0.556. The summed E-state index contributed by atoms with van der Waals surface area (Å²) in [5.41, 5.74) is 1.69. The molecule has 4 nitrogen and oxygen atoms in total. The van der Waals surface area contributed by atoms with Crippen LogP contribution in [0.5, 0.6) is 0 Å². The summed E-state index contributed by atoms with van der Waals surface area (Å²) >= 11 is 0. The Hall–Kier alpha value is -1.34. The van der Waals surface area contributed by atoms with Crippen LogP contribution in [0.15, 0.2) is 4.63 Å². The van der Waals surface area contributed by atoms with E-state index in [0.717, 1.165) is 17.9 Å². The maximum atomic E-state index is 5.22. The first-order valence-electron chi connectivity index (χ1n) is 4.21. The van der Waals surface area contributed by atoms with Crippen molar-refractivity contribution in [2.45, 2.75) is 20.4 Å². The van der Waals surface area contributed by atoms with Crippen LogP contribution in [0, 0.1) is 19.3 Å². The van der Waals surface area contributed by atoms with Crippen LogP contribution in [-0.2, 0) is 6.54 Å². The summed E-state index contributed by atoms with van der Waals surface area (Å²) in [6.07, 6.45) is 5.22. The third-order valence-electron chi connectivity index (χ3n) is 1.88. The van der Waals surface area contributed by atoms with Crippen molar-refractivity contribution in [2.75, 3.05) is 13.1 Å². The van der Waals surface area contributed by atoms with Gasteiger partial charge in [-0.15, -0.1) is 6.42 Å². The number of hydrogen-bond acceptors (Lipinski definition) is 4. The van der Waals surface area contributed by atoms with Gasteiger partial charge in [0, 0.05) is 6.54 Å².